The summed E-state index contributed by atoms with van der Waals surface area (Å²) in [6, 6.07) is 12.8. The Morgan fingerprint density at radius 1 is 1.14 bits per heavy atom. The Kier molecular flexibility index (Phi) is 4.81. The van der Waals surface area contributed by atoms with Gasteiger partial charge in [-0.25, -0.2) is 12.8 Å². The van der Waals surface area contributed by atoms with Crippen molar-refractivity contribution in [2.24, 2.45) is 0 Å². The van der Waals surface area contributed by atoms with Crippen LogP contribution in [0, 0.1) is 17.1 Å². The van der Waals surface area contributed by atoms with Gasteiger partial charge >= 0.3 is 0 Å². The maximum Gasteiger partial charge on any atom is 0.272 e. The minimum atomic E-state index is -4.05. The summed E-state index contributed by atoms with van der Waals surface area (Å²) < 4.78 is 39.4. The summed E-state index contributed by atoms with van der Waals surface area (Å²) in [4.78, 5) is -0.459. The largest absolute Gasteiger partial charge is 0.279 e. The molecule has 2 rings (SSSR count). The molecule has 0 amide bonds. The van der Waals surface area contributed by atoms with Gasteiger partial charge < -0.3 is 0 Å². The molecule has 0 aliphatic carbocycles. The van der Waals surface area contributed by atoms with Crippen LogP contribution in [0.5, 0.6) is 0 Å². The minimum Gasteiger partial charge on any atom is -0.279 e. The van der Waals surface area contributed by atoms with E-state index in [0.29, 0.717) is 10.6 Å². The van der Waals surface area contributed by atoms with Gasteiger partial charge in [0.05, 0.1) is 0 Å². The molecule has 0 saturated heterocycles. The fourth-order valence-corrected chi connectivity index (χ4v) is 2.70. The summed E-state index contributed by atoms with van der Waals surface area (Å²) >= 11 is 5.75. The van der Waals surface area contributed by atoms with Crippen molar-refractivity contribution in [3.05, 3.63) is 69.8 Å². The first kappa shape index (κ1) is 16.0. The van der Waals surface area contributed by atoms with Crippen molar-refractivity contribution in [3.8, 4) is 6.07 Å². The van der Waals surface area contributed by atoms with E-state index in [1.165, 1.54) is 18.2 Å². The topological polar surface area (TPSA) is 70.0 Å². The smallest absolute Gasteiger partial charge is 0.272 e. The first-order chi connectivity index (χ1) is 10.4. The summed E-state index contributed by atoms with van der Waals surface area (Å²) in [7, 11) is -4.05. The summed E-state index contributed by atoms with van der Waals surface area (Å²) in [5, 5.41) is 9.58. The molecule has 2 aromatic rings. The van der Waals surface area contributed by atoms with E-state index in [9.17, 15) is 12.8 Å². The lowest BCUT2D eigenvalue weighted by Gasteiger charge is -2.07. The molecule has 0 bridgehead atoms. The van der Waals surface area contributed by atoms with E-state index in [1.807, 2.05) is 0 Å². The maximum atomic E-state index is 12.8. The second-order valence-electron chi connectivity index (χ2n) is 4.28. The van der Waals surface area contributed by atoms with Crippen molar-refractivity contribution >= 4 is 33.4 Å². The zero-order valence-corrected chi connectivity index (χ0v) is 12.7. The average molecular weight is 337 g/mol. The van der Waals surface area contributed by atoms with E-state index in [-0.39, 0.29) is 5.69 Å². The van der Waals surface area contributed by atoms with Gasteiger partial charge in [-0.3, -0.25) is 4.72 Å². The standard InChI is InChI=1S/C15H10ClFN2O2S/c16-12-3-1-11(2-4-12)9-15(10-18)22(20,21)19-14-7-5-13(17)6-8-14/h1-9,19H/b15-9+. The van der Waals surface area contributed by atoms with Gasteiger partial charge in [0.25, 0.3) is 10.0 Å². The van der Waals surface area contributed by atoms with Gasteiger partial charge in [-0.05, 0) is 48.0 Å². The monoisotopic (exact) mass is 336 g/mol. The predicted molar refractivity (Wildman–Crippen MR) is 84.0 cm³/mol. The molecule has 0 saturated carbocycles. The van der Waals surface area contributed by atoms with Crippen molar-refractivity contribution in [1.82, 2.24) is 0 Å². The number of rotatable bonds is 4. The molecular formula is C15H10ClFN2O2S. The normalized spacial score (nSPS) is 11.8. The molecule has 22 heavy (non-hydrogen) atoms. The number of allylic oxidation sites excluding steroid dienone is 1. The fraction of sp³-hybridized carbons (Fsp3) is 0. The second-order valence-corrected chi connectivity index (χ2v) is 6.37. The molecule has 0 fully saturated rings. The zero-order chi connectivity index (χ0) is 16.2. The molecule has 0 unspecified atom stereocenters. The Morgan fingerprint density at radius 3 is 2.27 bits per heavy atom. The summed E-state index contributed by atoms with van der Waals surface area (Å²) in [6.07, 6.45) is 1.22. The van der Waals surface area contributed by atoms with Crippen LogP contribution in [0.15, 0.2) is 53.4 Å². The van der Waals surface area contributed by atoms with Gasteiger partial charge in [-0.15, -0.1) is 0 Å². The van der Waals surface area contributed by atoms with Crippen molar-refractivity contribution < 1.29 is 12.8 Å². The van der Waals surface area contributed by atoms with Crippen LogP contribution >= 0.6 is 11.6 Å². The molecule has 1 N–H and O–H groups in total. The van der Waals surface area contributed by atoms with E-state index in [0.717, 1.165) is 12.1 Å². The highest BCUT2D eigenvalue weighted by Gasteiger charge is 2.17. The lowest BCUT2D eigenvalue weighted by Crippen LogP contribution is -2.14. The molecule has 4 nitrogen and oxygen atoms in total. The van der Waals surface area contributed by atoms with Crippen LogP contribution in [0.4, 0.5) is 10.1 Å². The lowest BCUT2D eigenvalue weighted by atomic mass is 10.2. The van der Waals surface area contributed by atoms with Gasteiger partial charge in [0.15, 0.2) is 4.91 Å². The lowest BCUT2D eigenvalue weighted by molar-refractivity contribution is 0.608. The second kappa shape index (κ2) is 6.60. The SMILES string of the molecule is N#C/C(=C\c1ccc(Cl)cc1)S(=O)(=O)Nc1ccc(F)cc1. The van der Waals surface area contributed by atoms with Crippen molar-refractivity contribution in [2.45, 2.75) is 0 Å². The number of nitrogens with one attached hydrogen (secondary N) is 1. The van der Waals surface area contributed by atoms with Gasteiger partial charge in [0.1, 0.15) is 11.9 Å². The van der Waals surface area contributed by atoms with E-state index in [2.05, 4.69) is 4.72 Å². The Bertz CT molecular complexity index is 839. The quantitative estimate of drug-likeness (QED) is 0.864. The van der Waals surface area contributed by atoms with Gasteiger partial charge in [0, 0.05) is 10.7 Å². The molecule has 0 aliphatic rings. The zero-order valence-electron chi connectivity index (χ0n) is 11.1. The third-order valence-corrected chi connectivity index (χ3v) is 4.21. The van der Waals surface area contributed by atoms with Crippen LogP contribution in [-0.4, -0.2) is 8.42 Å². The van der Waals surface area contributed by atoms with Crippen LogP contribution in [-0.2, 0) is 10.0 Å². The van der Waals surface area contributed by atoms with E-state index < -0.39 is 20.7 Å². The van der Waals surface area contributed by atoms with E-state index >= 15 is 0 Å². The summed E-state index contributed by atoms with van der Waals surface area (Å²) in [5.41, 5.74) is 0.684. The first-order valence-electron chi connectivity index (χ1n) is 6.06. The molecule has 7 heteroatoms. The van der Waals surface area contributed by atoms with Crippen LogP contribution in [0.2, 0.25) is 5.02 Å². The Labute approximate surface area is 132 Å². The molecule has 112 valence electrons. The summed E-state index contributed by atoms with van der Waals surface area (Å²) in [6.45, 7) is 0. The highest BCUT2D eigenvalue weighted by molar-refractivity contribution is 7.96. The highest BCUT2D eigenvalue weighted by Crippen LogP contribution is 2.18. The minimum absolute atomic E-state index is 0.165. The first-order valence-corrected chi connectivity index (χ1v) is 7.92. The van der Waals surface area contributed by atoms with Crippen molar-refractivity contribution in [1.29, 1.82) is 5.26 Å². The molecule has 0 atom stereocenters. The average Bonchev–Trinajstić information content (AvgIpc) is 2.48. The molecule has 0 aromatic heterocycles. The number of sulfonamides is 1. The number of anilines is 1. The highest BCUT2D eigenvalue weighted by atomic mass is 35.5. The molecule has 0 radical (unpaired) electrons. The number of hydrogen-bond donors (Lipinski definition) is 1. The Balaban J connectivity index is 2.31. The number of benzene rings is 2. The third kappa shape index (κ3) is 4.07. The molecule has 0 heterocycles. The van der Waals surface area contributed by atoms with Gasteiger partial charge in [-0.2, -0.15) is 5.26 Å². The number of hydrogen-bond acceptors (Lipinski definition) is 3. The van der Waals surface area contributed by atoms with Crippen LogP contribution < -0.4 is 4.72 Å². The van der Waals surface area contributed by atoms with Crippen LogP contribution in [0.1, 0.15) is 5.56 Å². The number of halogens is 2. The summed E-state index contributed by atoms with van der Waals surface area (Å²) in [5.74, 6) is -0.486. The maximum absolute atomic E-state index is 12.8. The van der Waals surface area contributed by atoms with Crippen molar-refractivity contribution in [2.75, 3.05) is 4.72 Å². The fourth-order valence-electron chi connectivity index (χ4n) is 1.61. The molecule has 2 aromatic carbocycles. The molecule has 0 spiro atoms. The Hall–Kier alpha value is -2.36. The number of nitrogens with zero attached hydrogens (tertiary/aromatic N) is 1. The van der Waals surface area contributed by atoms with Crippen LogP contribution in [0.3, 0.4) is 0 Å². The van der Waals surface area contributed by atoms with Gasteiger partial charge in [-0.1, -0.05) is 23.7 Å². The van der Waals surface area contributed by atoms with Gasteiger partial charge in [0.2, 0.25) is 0 Å². The molecule has 0 aliphatic heterocycles. The number of nitriles is 1. The van der Waals surface area contributed by atoms with E-state index in [4.69, 9.17) is 16.9 Å². The predicted octanol–water partition coefficient (Wildman–Crippen LogP) is 3.79. The van der Waals surface area contributed by atoms with E-state index in [1.54, 1.807) is 30.3 Å². The van der Waals surface area contributed by atoms with Crippen molar-refractivity contribution in [3.63, 3.8) is 0 Å². The van der Waals surface area contributed by atoms with Crippen LogP contribution in [0.25, 0.3) is 6.08 Å². The molecular weight excluding hydrogens is 327 g/mol. The Morgan fingerprint density at radius 2 is 1.73 bits per heavy atom. The third-order valence-electron chi connectivity index (χ3n) is 2.66.